The number of hydrogen-bond donors (Lipinski definition) is 3. The molecule has 1 fully saturated rings. The van der Waals surface area contributed by atoms with Gasteiger partial charge in [-0.1, -0.05) is 96.1 Å². The highest BCUT2D eigenvalue weighted by Crippen LogP contribution is 2.30. The van der Waals surface area contributed by atoms with Crippen LogP contribution >= 0.6 is 0 Å². The van der Waals surface area contributed by atoms with Gasteiger partial charge in [0, 0.05) is 48.2 Å². The molecule has 0 aliphatic carbocycles. The number of hydrogen-bond acceptors (Lipinski definition) is 12. The summed E-state index contributed by atoms with van der Waals surface area (Å²) in [5.41, 5.74) is 1.22. The van der Waals surface area contributed by atoms with Crippen LogP contribution in [0.1, 0.15) is 111 Å². The van der Waals surface area contributed by atoms with E-state index in [4.69, 9.17) is 14.2 Å². The number of likely N-dealkylation sites (N-methyl/N-ethyl adjacent to an activating group) is 5. The van der Waals surface area contributed by atoms with Crippen molar-refractivity contribution in [3.05, 3.63) is 95.6 Å². The third-order valence-electron chi connectivity index (χ3n) is 15.1. The number of benzene rings is 3. The lowest BCUT2D eigenvalue weighted by Gasteiger charge is -2.41. The maximum absolute atomic E-state index is 15.1. The van der Waals surface area contributed by atoms with E-state index in [9.17, 15) is 33.9 Å². The summed E-state index contributed by atoms with van der Waals surface area (Å²) in [7, 11) is 10.1. The monoisotopic (exact) mass is 1140 g/mol. The molecule has 0 saturated carbocycles. The Morgan fingerprint density at radius 3 is 1.57 bits per heavy atom. The van der Waals surface area contributed by atoms with Gasteiger partial charge in [0.05, 0.1) is 26.7 Å². The second-order valence-electron chi connectivity index (χ2n) is 23.2. The lowest BCUT2D eigenvalue weighted by molar-refractivity contribution is -0.158. The summed E-state index contributed by atoms with van der Waals surface area (Å²) in [6, 6.07) is 13.8. The molecule has 0 aromatic heterocycles. The van der Waals surface area contributed by atoms with E-state index in [-0.39, 0.29) is 19.4 Å². The van der Waals surface area contributed by atoms with E-state index < -0.39 is 132 Å². The first-order valence-corrected chi connectivity index (χ1v) is 27.8. The Morgan fingerprint density at radius 1 is 0.610 bits per heavy atom. The van der Waals surface area contributed by atoms with Gasteiger partial charge in [0.25, 0.3) is 0 Å². The Bertz CT molecular complexity index is 2650. The molecule has 0 bridgehead atoms. The summed E-state index contributed by atoms with van der Waals surface area (Å²) >= 11 is 0. The second kappa shape index (κ2) is 29.3. The van der Waals surface area contributed by atoms with Crippen molar-refractivity contribution in [1.82, 2.24) is 40.0 Å². The number of amides is 8. The number of alkyl carbamates (subject to hydrolysis) is 1. The van der Waals surface area contributed by atoms with Gasteiger partial charge in [0.1, 0.15) is 59.4 Å². The first-order chi connectivity index (χ1) is 38.4. The molecular formula is C61H88N8O13. The second-order valence-corrected chi connectivity index (χ2v) is 23.2. The Labute approximate surface area is 483 Å². The normalized spacial score (nSPS) is 15.6. The quantitative estimate of drug-likeness (QED) is 0.0932. The predicted octanol–water partition coefficient (Wildman–Crippen LogP) is 5.63. The number of carboxylic acids is 1. The lowest BCUT2D eigenvalue weighted by Crippen LogP contribution is -2.62. The summed E-state index contributed by atoms with van der Waals surface area (Å²) in [5, 5.41) is 15.6. The highest BCUT2D eigenvalue weighted by Gasteiger charge is 2.47. The summed E-state index contributed by atoms with van der Waals surface area (Å²) in [6.07, 6.45) is -0.775. The topological polar surface area (TPSA) is 245 Å². The van der Waals surface area contributed by atoms with Crippen molar-refractivity contribution >= 4 is 53.4 Å². The molecule has 3 N–H and O–H groups in total. The van der Waals surface area contributed by atoms with Crippen molar-refractivity contribution in [2.75, 3.05) is 56.0 Å². The van der Waals surface area contributed by atoms with Crippen molar-refractivity contribution in [3.8, 4) is 11.5 Å². The van der Waals surface area contributed by atoms with E-state index in [1.807, 2.05) is 30.3 Å². The van der Waals surface area contributed by atoms with Gasteiger partial charge in [-0.05, 0) is 99.2 Å². The molecule has 1 aliphatic rings. The van der Waals surface area contributed by atoms with Gasteiger partial charge in [0.2, 0.25) is 41.4 Å². The van der Waals surface area contributed by atoms with Crippen molar-refractivity contribution in [2.45, 2.75) is 149 Å². The molecule has 1 saturated heterocycles. The Hall–Kier alpha value is -7.71. The number of likely N-dealkylation sites (tertiary alicyclic amines) is 1. The number of carbonyl (C=O) groups is 9. The third-order valence-corrected chi connectivity index (χ3v) is 15.1. The number of nitrogens with one attached hydrogen (secondary N) is 2. The fourth-order valence-corrected chi connectivity index (χ4v) is 10.2. The number of carboxylic acid groups (broad SMARTS) is 1. The number of ether oxygens (including phenoxy) is 3. The molecule has 21 heteroatoms. The Morgan fingerprint density at radius 2 is 1.11 bits per heavy atom. The zero-order valence-corrected chi connectivity index (χ0v) is 50.9. The van der Waals surface area contributed by atoms with Crippen LogP contribution in [0.4, 0.5) is 4.79 Å². The van der Waals surface area contributed by atoms with Gasteiger partial charge < -0.3 is 59.4 Å². The van der Waals surface area contributed by atoms with Crippen molar-refractivity contribution in [3.63, 3.8) is 0 Å². The van der Waals surface area contributed by atoms with E-state index in [0.29, 0.717) is 29.0 Å². The van der Waals surface area contributed by atoms with Crippen LogP contribution in [0.2, 0.25) is 0 Å². The Balaban J connectivity index is 1.67. The molecule has 0 spiro atoms. The number of carbonyl (C=O) groups excluding carboxylic acids is 8. The summed E-state index contributed by atoms with van der Waals surface area (Å²) < 4.78 is 16.2. The van der Waals surface area contributed by atoms with Crippen LogP contribution in [0.25, 0.3) is 0 Å². The molecule has 0 radical (unpaired) electrons. The van der Waals surface area contributed by atoms with Crippen LogP contribution in [0.3, 0.4) is 0 Å². The van der Waals surface area contributed by atoms with Crippen molar-refractivity contribution < 1.29 is 62.5 Å². The number of rotatable bonds is 25. The largest absolute Gasteiger partial charge is 0.497 e. The fraction of sp³-hybridized carbons (Fsp3) is 0.557. The standard InChI is InChI=1S/C61H88N8O13/c1-36(2)49(63-60(79)82-61(8,9)10)56(74)66(13)46(34-40-22-19-18-20-23-40)55(73)67(14)51(37(3)4)57(75)68(15)52(38(5)6)58(76)69-33-21-24-45(69)53(71)65(12)47(54(72)64(11)39(7)59(77)78)35-48(70)62-50(41-25-29-43(80-16)30-26-41)42-27-31-44(81-17)32-28-42/h18-20,22-23,25-32,36-39,45-47,49-52H,21,24,33-35H2,1-17H3,(H,62,70)(H,63,79)(H,77,78)/t39-,45-,46-,47-,49-,51+,52-/m0/s1. The highest BCUT2D eigenvalue weighted by atomic mass is 16.6. The summed E-state index contributed by atoms with van der Waals surface area (Å²) in [5.74, 6) is -6.03. The van der Waals surface area contributed by atoms with Gasteiger partial charge in [0.15, 0.2) is 0 Å². The summed E-state index contributed by atoms with van der Waals surface area (Å²) in [4.78, 5) is 136. The average Bonchev–Trinajstić information content (AvgIpc) is 4.12. The minimum absolute atomic E-state index is 0.0597. The molecule has 3 aromatic rings. The van der Waals surface area contributed by atoms with Crippen LogP contribution in [-0.2, 0) is 49.5 Å². The SMILES string of the molecule is COc1ccc(C(NC(=O)C[C@@H](C(=O)N(C)[C@@H](C)C(=O)O)N(C)C(=O)[C@@H]2CCCN2C(=O)[C@H](C(C)C)N(C)C(=O)[C@@H](C(C)C)N(C)C(=O)[C@H](Cc2ccccc2)N(C)C(=O)[C@@H](NC(=O)OC(C)(C)C)C(C)C)c2ccc(OC)cc2)cc1. The molecule has 450 valence electrons. The fourth-order valence-electron chi connectivity index (χ4n) is 10.2. The lowest BCUT2D eigenvalue weighted by atomic mass is 9.95. The van der Waals surface area contributed by atoms with E-state index in [0.717, 1.165) is 15.4 Å². The predicted molar refractivity (Wildman–Crippen MR) is 309 cm³/mol. The number of aliphatic carboxylic acids is 1. The molecule has 21 nitrogen and oxygen atoms in total. The van der Waals surface area contributed by atoms with Gasteiger partial charge in [-0.3, -0.25) is 33.6 Å². The molecule has 82 heavy (non-hydrogen) atoms. The van der Waals surface area contributed by atoms with E-state index >= 15 is 14.4 Å². The molecule has 3 aromatic carbocycles. The maximum atomic E-state index is 15.1. The zero-order chi connectivity index (χ0) is 61.7. The molecule has 0 unspecified atom stereocenters. The first-order valence-electron chi connectivity index (χ1n) is 27.8. The van der Waals surface area contributed by atoms with Gasteiger partial charge in [-0.15, -0.1) is 0 Å². The maximum Gasteiger partial charge on any atom is 0.408 e. The third kappa shape index (κ3) is 16.9. The summed E-state index contributed by atoms with van der Waals surface area (Å²) in [6.45, 7) is 17.1. The molecule has 1 heterocycles. The average molecular weight is 1140 g/mol. The molecular weight excluding hydrogens is 1050 g/mol. The van der Waals surface area contributed by atoms with Gasteiger partial charge in [-0.2, -0.15) is 0 Å². The van der Waals surface area contributed by atoms with E-state index in [2.05, 4.69) is 10.6 Å². The molecule has 1 aliphatic heterocycles. The van der Waals surface area contributed by atoms with Crippen LogP contribution in [-0.4, -0.2) is 192 Å². The van der Waals surface area contributed by atoms with Crippen LogP contribution in [0.5, 0.6) is 11.5 Å². The van der Waals surface area contributed by atoms with E-state index in [1.54, 1.807) is 111 Å². The van der Waals surface area contributed by atoms with Gasteiger partial charge in [-0.25, -0.2) is 9.59 Å². The van der Waals surface area contributed by atoms with Crippen LogP contribution in [0.15, 0.2) is 78.9 Å². The highest BCUT2D eigenvalue weighted by molar-refractivity contribution is 5.98. The Kier molecular flexibility index (Phi) is 23.9. The first kappa shape index (κ1) is 66.8. The zero-order valence-electron chi connectivity index (χ0n) is 50.9. The minimum atomic E-state index is -1.54. The van der Waals surface area contributed by atoms with E-state index in [1.165, 1.54) is 76.0 Å². The van der Waals surface area contributed by atoms with Crippen LogP contribution < -0.4 is 20.1 Å². The smallest absolute Gasteiger partial charge is 0.408 e. The van der Waals surface area contributed by atoms with Gasteiger partial charge >= 0.3 is 12.1 Å². The van der Waals surface area contributed by atoms with Crippen molar-refractivity contribution in [2.24, 2.45) is 17.8 Å². The minimum Gasteiger partial charge on any atom is -0.497 e. The number of nitrogens with zero attached hydrogens (tertiary/aromatic N) is 6. The molecule has 4 rings (SSSR count). The number of methoxy groups -OCH3 is 2. The van der Waals surface area contributed by atoms with Crippen LogP contribution in [0, 0.1) is 17.8 Å². The molecule has 8 amide bonds. The van der Waals surface area contributed by atoms with Crippen molar-refractivity contribution in [1.29, 1.82) is 0 Å². The molecule has 7 atom stereocenters.